The first-order valence-corrected chi connectivity index (χ1v) is 22.5. The van der Waals surface area contributed by atoms with Crippen LogP contribution in [0.25, 0.3) is 32.7 Å². The summed E-state index contributed by atoms with van der Waals surface area (Å²) in [5.41, 5.74) is 11.0. The van der Waals surface area contributed by atoms with Crippen LogP contribution in [0.2, 0.25) is 10.0 Å². The maximum absolute atomic E-state index is 15.0. The van der Waals surface area contributed by atoms with Gasteiger partial charge in [-0.15, -0.1) is 0 Å². The smallest absolute Gasteiger partial charge is 0.341 e. The monoisotopic (exact) mass is 965 g/mol. The van der Waals surface area contributed by atoms with E-state index in [0.29, 0.717) is 31.7 Å². The zero-order chi connectivity index (χ0) is 47.6. The summed E-state index contributed by atoms with van der Waals surface area (Å²) < 4.78 is 73.0. The minimum atomic E-state index is -1.45. The fraction of sp³-hybridized carbons (Fsp3) is 0.383. The summed E-state index contributed by atoms with van der Waals surface area (Å²) in [6, 6.07) is 11.1. The molecular weight excluding hydrogens is 924 g/mol. The first kappa shape index (κ1) is 45.0. The lowest BCUT2D eigenvalue weighted by atomic mass is 10.0. The van der Waals surface area contributed by atoms with Crippen LogP contribution in [0.3, 0.4) is 0 Å². The number of aromatic nitrogens is 3. The number of halogens is 7. The lowest BCUT2D eigenvalue weighted by molar-refractivity contribution is 0.0684. The fourth-order valence-corrected chi connectivity index (χ4v) is 10.7. The molecule has 5 heterocycles. The van der Waals surface area contributed by atoms with Crippen molar-refractivity contribution >= 4 is 79.2 Å². The zero-order valence-corrected chi connectivity index (χ0v) is 36.9. The van der Waals surface area contributed by atoms with Crippen molar-refractivity contribution in [1.82, 2.24) is 14.1 Å². The molecule has 6 atom stereocenters. The topological polar surface area (TPSA) is 190 Å². The van der Waals surface area contributed by atoms with E-state index in [1.54, 1.807) is 21.9 Å². The third-order valence-corrected chi connectivity index (χ3v) is 15.0. The van der Waals surface area contributed by atoms with Crippen LogP contribution in [0.15, 0.2) is 70.5 Å². The quantitative estimate of drug-likeness (QED) is 0.0943. The number of pyridine rings is 3. The van der Waals surface area contributed by atoms with E-state index >= 15 is 8.78 Å². The number of alkyl halides is 2. The van der Waals surface area contributed by atoms with Gasteiger partial charge >= 0.3 is 11.9 Å². The molecule has 67 heavy (non-hydrogen) atoms. The number of nitrogens with two attached hydrogens (primary N) is 2. The molecule has 12 rings (SSSR count). The normalized spacial score (nSPS) is 24.7. The minimum absolute atomic E-state index is 0.00645. The SMILES string of the molecule is Fc1ccc2ccccc2n1.N[C@@H]1CN(c2c(F)cc3c(=O)c(C(=O)O)cn([C@@H]4C[C@@H]4F)c3c2Cl)CC12CC2.N[C@@H]1CN(c2c(F)cc3c(=O)c(C(=O)O)cn([C@@H]4C[C@@H]4F)c3c2Cl)CC12CC2. The number of carboxylic acids is 2. The van der Waals surface area contributed by atoms with E-state index < -0.39 is 75.9 Å². The Bertz CT molecular complexity index is 3050. The molecule has 4 saturated carbocycles. The van der Waals surface area contributed by atoms with Crippen molar-refractivity contribution in [2.45, 2.75) is 75.0 Å². The molecular formula is C47H42Cl2F5N7O6. The van der Waals surface area contributed by atoms with Gasteiger partial charge in [0, 0.05) is 79.7 Å². The molecule has 2 spiro atoms. The number of carbonyl (C=O) groups is 2. The summed E-state index contributed by atoms with van der Waals surface area (Å²) in [6.45, 7) is 2.02. The first-order chi connectivity index (χ1) is 31.8. The van der Waals surface area contributed by atoms with Gasteiger partial charge in [-0.3, -0.25) is 9.59 Å². The highest BCUT2D eigenvalue weighted by Crippen LogP contribution is 2.55. The van der Waals surface area contributed by atoms with Crippen LogP contribution >= 0.6 is 23.2 Å². The molecule has 0 unspecified atom stereocenters. The summed E-state index contributed by atoms with van der Waals surface area (Å²) >= 11 is 13.1. The highest BCUT2D eigenvalue weighted by Gasteiger charge is 2.55. The van der Waals surface area contributed by atoms with E-state index in [2.05, 4.69) is 4.98 Å². The molecule has 0 radical (unpaired) electrons. The number of aromatic carboxylic acids is 2. The predicted molar refractivity (Wildman–Crippen MR) is 243 cm³/mol. The lowest BCUT2D eigenvalue weighted by Crippen LogP contribution is -2.30. The van der Waals surface area contributed by atoms with Gasteiger partial charge in [0.25, 0.3) is 0 Å². The van der Waals surface area contributed by atoms with Gasteiger partial charge in [-0.1, -0.05) is 41.4 Å². The third kappa shape index (κ3) is 7.74. The molecule has 6 aliphatic rings. The number of carboxylic acid groups (broad SMARTS) is 2. The Morgan fingerprint density at radius 2 is 1.10 bits per heavy atom. The Labute approximate surface area is 387 Å². The van der Waals surface area contributed by atoms with Crippen LogP contribution in [0.5, 0.6) is 0 Å². The standard InChI is InChI=1S/2C19H18ClF2N3O3.C9H6FN/c2*20-14-15-8(17(26)9(18(27)28)5-25(15)12-4-10(12)21)3-11(22)16(14)24-6-13(23)19(7-24)1-2-19;10-9-6-5-7-3-1-2-4-8(7)11-9/h2*3,5,10,12-13H,1-2,4,6-7,23H2,(H,27,28);1-6H/t2*10-,12+,13+;/m00./s1. The zero-order valence-electron chi connectivity index (χ0n) is 35.4. The molecule has 4 aliphatic carbocycles. The van der Waals surface area contributed by atoms with Crippen molar-refractivity contribution in [3.05, 3.63) is 120 Å². The number of benzene rings is 3. The van der Waals surface area contributed by atoms with E-state index in [4.69, 9.17) is 34.7 Å². The molecule has 2 aliphatic heterocycles. The number of rotatable bonds is 6. The van der Waals surface area contributed by atoms with Gasteiger partial charge in [0.1, 0.15) is 35.1 Å². The summed E-state index contributed by atoms with van der Waals surface area (Å²) in [5.74, 6) is -4.73. The van der Waals surface area contributed by atoms with Crippen molar-refractivity contribution in [2.24, 2.45) is 22.3 Å². The molecule has 6 aromatic rings. The molecule has 0 amide bonds. The third-order valence-electron chi connectivity index (χ3n) is 14.3. The molecule has 2 saturated heterocycles. The Morgan fingerprint density at radius 3 is 1.48 bits per heavy atom. The van der Waals surface area contributed by atoms with Gasteiger partial charge in [-0.25, -0.2) is 32.1 Å². The molecule has 20 heteroatoms. The van der Waals surface area contributed by atoms with Gasteiger partial charge in [0.15, 0.2) is 0 Å². The van der Waals surface area contributed by atoms with E-state index in [1.165, 1.54) is 15.2 Å². The number of hydrogen-bond donors (Lipinski definition) is 4. The van der Waals surface area contributed by atoms with Gasteiger partial charge in [-0.2, -0.15) is 4.39 Å². The molecule has 6 N–H and O–H groups in total. The van der Waals surface area contributed by atoms with Crippen LogP contribution in [0.4, 0.5) is 33.3 Å². The molecule has 3 aromatic heterocycles. The van der Waals surface area contributed by atoms with Crippen LogP contribution in [0, 0.1) is 28.4 Å². The average Bonchev–Trinajstić information content (AvgIpc) is 4.14. The average molecular weight is 967 g/mol. The molecule has 3 aromatic carbocycles. The maximum atomic E-state index is 15.0. The summed E-state index contributed by atoms with van der Waals surface area (Å²) in [7, 11) is 0. The minimum Gasteiger partial charge on any atom is -0.477 e. The number of fused-ring (bicyclic) bond motifs is 3. The van der Waals surface area contributed by atoms with Crippen LogP contribution in [-0.4, -0.2) is 86.9 Å². The summed E-state index contributed by atoms with van der Waals surface area (Å²) in [4.78, 5) is 55.4. The van der Waals surface area contributed by atoms with Gasteiger partial charge in [0.05, 0.1) is 60.8 Å². The van der Waals surface area contributed by atoms with E-state index in [0.717, 1.165) is 55.6 Å². The number of nitrogens with zero attached hydrogens (tertiary/aromatic N) is 5. The second kappa shape index (κ2) is 16.2. The molecule has 0 bridgehead atoms. The summed E-state index contributed by atoms with van der Waals surface area (Å²) in [6.07, 6.45) is 4.22. The van der Waals surface area contributed by atoms with Crippen molar-refractivity contribution in [2.75, 3.05) is 36.0 Å². The van der Waals surface area contributed by atoms with E-state index in [1.807, 2.05) is 18.2 Å². The Hall–Kier alpha value is -5.82. The number of anilines is 2. The first-order valence-electron chi connectivity index (χ1n) is 21.7. The Kier molecular flexibility index (Phi) is 10.9. The largest absolute Gasteiger partial charge is 0.477 e. The van der Waals surface area contributed by atoms with Crippen LogP contribution in [0.1, 0.15) is 71.3 Å². The molecule has 13 nitrogen and oxygen atoms in total. The van der Waals surface area contributed by atoms with Gasteiger partial charge in [-0.05, 0) is 56.0 Å². The predicted octanol–water partition coefficient (Wildman–Crippen LogP) is 7.78. The van der Waals surface area contributed by atoms with E-state index in [-0.39, 0.29) is 79.0 Å². The number of hydrogen-bond acceptors (Lipinski definition) is 9. The lowest BCUT2D eigenvalue weighted by Gasteiger charge is -2.23. The molecule has 350 valence electrons. The Balaban J connectivity index is 0.000000128. The highest BCUT2D eigenvalue weighted by atomic mass is 35.5. The van der Waals surface area contributed by atoms with Gasteiger partial charge in [0.2, 0.25) is 16.8 Å². The van der Waals surface area contributed by atoms with Crippen molar-refractivity contribution in [1.29, 1.82) is 0 Å². The Morgan fingerprint density at radius 1 is 0.687 bits per heavy atom. The van der Waals surface area contributed by atoms with Crippen LogP contribution < -0.4 is 32.1 Å². The van der Waals surface area contributed by atoms with Crippen LogP contribution in [-0.2, 0) is 0 Å². The second-order valence-corrected chi connectivity index (χ2v) is 19.4. The van der Waals surface area contributed by atoms with Crippen molar-refractivity contribution in [3.8, 4) is 0 Å². The second-order valence-electron chi connectivity index (χ2n) is 18.7. The highest BCUT2D eigenvalue weighted by molar-refractivity contribution is 6.38. The number of para-hydroxylation sites is 1. The summed E-state index contributed by atoms with van der Waals surface area (Å²) in [5, 5.41) is 19.3. The van der Waals surface area contributed by atoms with Gasteiger partial charge < -0.3 is 40.6 Å². The van der Waals surface area contributed by atoms with Crippen molar-refractivity contribution < 1.29 is 41.8 Å². The van der Waals surface area contributed by atoms with E-state index in [9.17, 15) is 42.6 Å². The maximum Gasteiger partial charge on any atom is 0.341 e. The fourth-order valence-electron chi connectivity index (χ4n) is 9.90. The van der Waals surface area contributed by atoms with Crippen molar-refractivity contribution in [3.63, 3.8) is 0 Å². The molecule has 6 fully saturated rings.